The minimum atomic E-state index is -1.19. The Balaban J connectivity index is 1.75. The van der Waals surface area contributed by atoms with E-state index in [9.17, 15) is 24.3 Å². The Morgan fingerprint density at radius 1 is 1.14 bits per heavy atom. The minimum absolute atomic E-state index is 0.0293. The van der Waals surface area contributed by atoms with Gasteiger partial charge in [0.05, 0.1) is 12.4 Å². The fourth-order valence-corrected chi connectivity index (χ4v) is 4.21. The molecule has 36 heavy (non-hydrogen) atoms. The van der Waals surface area contributed by atoms with Crippen molar-refractivity contribution in [2.24, 2.45) is 11.7 Å². The Morgan fingerprint density at radius 2 is 1.86 bits per heavy atom. The molecule has 0 bridgehead atoms. The Bertz CT molecular complexity index is 1040. The van der Waals surface area contributed by atoms with Gasteiger partial charge in [0.25, 0.3) is 0 Å². The Labute approximate surface area is 209 Å². The van der Waals surface area contributed by atoms with E-state index in [1.807, 2.05) is 44.2 Å². The highest BCUT2D eigenvalue weighted by molar-refractivity contribution is 5.94. The number of nitrogens with two attached hydrogens (primary N) is 1. The van der Waals surface area contributed by atoms with Crippen LogP contribution in [0.15, 0.2) is 42.9 Å². The summed E-state index contributed by atoms with van der Waals surface area (Å²) in [5.41, 5.74) is 7.42. The molecule has 4 unspecified atom stereocenters. The molecule has 0 saturated carbocycles. The molecular weight excluding hydrogens is 464 g/mol. The summed E-state index contributed by atoms with van der Waals surface area (Å²) < 4.78 is 0. The molecule has 11 nitrogen and oxygen atoms in total. The van der Waals surface area contributed by atoms with E-state index in [0.29, 0.717) is 25.1 Å². The van der Waals surface area contributed by atoms with Crippen LogP contribution in [0.25, 0.3) is 0 Å². The molecule has 0 radical (unpaired) electrons. The zero-order valence-electron chi connectivity index (χ0n) is 20.5. The molecular formula is C25H34N6O5. The number of hydrogen-bond acceptors (Lipinski definition) is 6. The highest BCUT2D eigenvalue weighted by Crippen LogP contribution is 2.20. The van der Waals surface area contributed by atoms with Gasteiger partial charge in [0.1, 0.15) is 18.1 Å². The molecule has 3 rings (SSSR count). The van der Waals surface area contributed by atoms with Gasteiger partial charge in [-0.15, -0.1) is 0 Å². The van der Waals surface area contributed by atoms with Crippen molar-refractivity contribution in [2.75, 3.05) is 6.54 Å². The number of carbonyl (C=O) groups excluding carboxylic acids is 3. The smallest absolute Gasteiger partial charge is 0.326 e. The molecule has 3 amide bonds. The molecule has 2 heterocycles. The number of aliphatic carboxylic acids is 1. The average molecular weight is 499 g/mol. The van der Waals surface area contributed by atoms with Crippen LogP contribution in [0.5, 0.6) is 0 Å². The Kier molecular flexibility index (Phi) is 9.18. The van der Waals surface area contributed by atoms with E-state index < -0.39 is 47.9 Å². The van der Waals surface area contributed by atoms with Gasteiger partial charge in [-0.1, -0.05) is 44.2 Å². The van der Waals surface area contributed by atoms with Crippen LogP contribution in [-0.4, -0.2) is 74.4 Å². The van der Waals surface area contributed by atoms with E-state index in [1.165, 1.54) is 17.4 Å². The topological polar surface area (TPSA) is 171 Å². The molecule has 2 aromatic rings. The van der Waals surface area contributed by atoms with Gasteiger partial charge in [0.15, 0.2) is 0 Å². The molecule has 1 aromatic heterocycles. The molecule has 0 spiro atoms. The fourth-order valence-electron chi connectivity index (χ4n) is 4.21. The maximum atomic E-state index is 13.6. The third-order valence-electron chi connectivity index (χ3n) is 6.35. The highest BCUT2D eigenvalue weighted by atomic mass is 16.4. The summed E-state index contributed by atoms with van der Waals surface area (Å²) >= 11 is 0. The van der Waals surface area contributed by atoms with Crippen molar-refractivity contribution in [3.63, 3.8) is 0 Å². The summed E-state index contributed by atoms with van der Waals surface area (Å²) in [6.45, 7) is 3.97. The monoisotopic (exact) mass is 498 g/mol. The molecule has 1 aliphatic rings. The van der Waals surface area contributed by atoms with Crippen LogP contribution in [0.2, 0.25) is 0 Å². The quantitative estimate of drug-likeness (QED) is 0.295. The number of aromatic amines is 1. The first-order valence-electron chi connectivity index (χ1n) is 12.1. The molecule has 1 fully saturated rings. The number of H-pyrrole nitrogens is 1. The number of carboxylic acids is 1. The number of rotatable bonds is 11. The van der Waals surface area contributed by atoms with Gasteiger partial charge in [0, 0.05) is 31.3 Å². The van der Waals surface area contributed by atoms with Crippen molar-refractivity contribution in [3.05, 3.63) is 54.1 Å². The van der Waals surface area contributed by atoms with E-state index in [1.54, 1.807) is 0 Å². The van der Waals surface area contributed by atoms with Crippen LogP contribution in [0.1, 0.15) is 37.9 Å². The molecule has 11 heteroatoms. The summed E-state index contributed by atoms with van der Waals surface area (Å²) in [5.74, 6) is -2.70. The number of aromatic nitrogens is 2. The van der Waals surface area contributed by atoms with Crippen LogP contribution in [0.3, 0.4) is 0 Å². The molecule has 1 aromatic carbocycles. The second-order valence-electron chi connectivity index (χ2n) is 9.39. The molecule has 0 aliphatic carbocycles. The van der Waals surface area contributed by atoms with E-state index >= 15 is 0 Å². The number of nitrogens with one attached hydrogen (secondary N) is 3. The van der Waals surface area contributed by atoms with Gasteiger partial charge in [-0.2, -0.15) is 0 Å². The minimum Gasteiger partial charge on any atom is -0.480 e. The number of nitrogens with zero attached hydrogens (tertiary/aromatic N) is 2. The molecule has 4 atom stereocenters. The number of benzene rings is 1. The van der Waals surface area contributed by atoms with Crippen molar-refractivity contribution in [1.29, 1.82) is 0 Å². The lowest BCUT2D eigenvalue weighted by molar-refractivity contribution is -0.145. The predicted octanol–water partition coefficient (Wildman–Crippen LogP) is 0.223. The first kappa shape index (κ1) is 26.9. The average Bonchev–Trinajstić information content (AvgIpc) is 3.55. The summed E-state index contributed by atoms with van der Waals surface area (Å²) in [4.78, 5) is 59.3. The third kappa shape index (κ3) is 6.91. The van der Waals surface area contributed by atoms with Crippen LogP contribution >= 0.6 is 0 Å². The second-order valence-corrected chi connectivity index (χ2v) is 9.39. The van der Waals surface area contributed by atoms with Gasteiger partial charge in [-0.3, -0.25) is 14.4 Å². The van der Waals surface area contributed by atoms with E-state index in [4.69, 9.17) is 5.73 Å². The lowest BCUT2D eigenvalue weighted by atomic mass is 10.0. The number of imidazole rings is 1. The third-order valence-corrected chi connectivity index (χ3v) is 6.35. The van der Waals surface area contributed by atoms with Gasteiger partial charge >= 0.3 is 5.97 Å². The summed E-state index contributed by atoms with van der Waals surface area (Å²) in [7, 11) is 0. The van der Waals surface area contributed by atoms with Crippen molar-refractivity contribution < 1.29 is 24.3 Å². The predicted molar refractivity (Wildman–Crippen MR) is 131 cm³/mol. The van der Waals surface area contributed by atoms with Gasteiger partial charge < -0.3 is 31.4 Å². The highest BCUT2D eigenvalue weighted by Gasteiger charge is 2.39. The molecule has 1 aliphatic heterocycles. The lowest BCUT2D eigenvalue weighted by Gasteiger charge is -2.30. The first-order chi connectivity index (χ1) is 17.2. The Hall–Kier alpha value is -3.73. The number of likely N-dealkylation sites (tertiary alicyclic amines) is 1. The fraction of sp³-hybridized carbons (Fsp3) is 0.480. The van der Waals surface area contributed by atoms with Crippen LogP contribution in [0.4, 0.5) is 0 Å². The number of carboxylic acid groups (broad SMARTS) is 1. The van der Waals surface area contributed by atoms with Crippen molar-refractivity contribution in [3.8, 4) is 0 Å². The van der Waals surface area contributed by atoms with E-state index in [0.717, 1.165) is 5.56 Å². The zero-order valence-corrected chi connectivity index (χ0v) is 20.5. The van der Waals surface area contributed by atoms with Crippen molar-refractivity contribution >= 4 is 23.7 Å². The largest absolute Gasteiger partial charge is 0.480 e. The number of amides is 3. The number of hydrogen-bond donors (Lipinski definition) is 5. The molecule has 1 saturated heterocycles. The van der Waals surface area contributed by atoms with E-state index in [2.05, 4.69) is 20.6 Å². The van der Waals surface area contributed by atoms with Crippen LogP contribution in [-0.2, 0) is 32.0 Å². The standard InChI is InChI=1S/C25H34N6O5/c1-15(2)21(26)23(33)29-18(11-16-7-4-3-5-8-16)24(34)31-10-6-9-20(31)22(32)30-19(25(35)36)12-17-13-27-14-28-17/h3-5,7-8,13-15,18-21H,6,9-12,26H2,1-2H3,(H,27,28)(H,29,33)(H,30,32)(H,35,36). The summed E-state index contributed by atoms with van der Waals surface area (Å²) in [5, 5.41) is 14.9. The zero-order chi connectivity index (χ0) is 26.2. The van der Waals surface area contributed by atoms with Crippen LogP contribution < -0.4 is 16.4 Å². The molecule has 194 valence electrons. The first-order valence-corrected chi connectivity index (χ1v) is 12.1. The maximum absolute atomic E-state index is 13.6. The second kappa shape index (κ2) is 12.3. The van der Waals surface area contributed by atoms with Gasteiger partial charge in [0.2, 0.25) is 17.7 Å². The summed E-state index contributed by atoms with van der Waals surface area (Å²) in [6.07, 6.45) is 4.16. The van der Waals surface area contributed by atoms with E-state index in [-0.39, 0.29) is 18.8 Å². The number of carbonyl (C=O) groups is 4. The lowest BCUT2D eigenvalue weighted by Crippen LogP contribution is -2.58. The normalized spacial score (nSPS) is 17.9. The maximum Gasteiger partial charge on any atom is 0.326 e. The van der Waals surface area contributed by atoms with Crippen molar-refractivity contribution in [1.82, 2.24) is 25.5 Å². The summed E-state index contributed by atoms with van der Waals surface area (Å²) in [6, 6.07) is 5.54. The van der Waals surface area contributed by atoms with Crippen LogP contribution in [0, 0.1) is 5.92 Å². The SMILES string of the molecule is CC(C)C(N)C(=O)NC(Cc1ccccc1)C(=O)N1CCCC1C(=O)NC(Cc1cnc[nH]1)C(=O)O. The van der Waals surface area contributed by atoms with Crippen molar-refractivity contribution in [2.45, 2.75) is 63.7 Å². The van der Waals surface area contributed by atoms with Gasteiger partial charge in [-0.25, -0.2) is 9.78 Å². The Morgan fingerprint density at radius 3 is 2.47 bits per heavy atom. The van der Waals surface area contributed by atoms with Gasteiger partial charge in [-0.05, 0) is 24.3 Å². The molecule has 6 N–H and O–H groups in total.